The van der Waals surface area contributed by atoms with Crippen molar-refractivity contribution in [3.63, 3.8) is 0 Å². The Labute approximate surface area is 173 Å². The van der Waals surface area contributed by atoms with Crippen LogP contribution in [0.25, 0.3) is 21.3 Å². The Kier molecular flexibility index (Phi) is 5.41. The molecule has 29 heavy (non-hydrogen) atoms. The number of nitrogens with zero attached hydrogens (tertiary/aromatic N) is 2. The fourth-order valence-electron chi connectivity index (χ4n) is 4.39. The lowest BCUT2D eigenvalue weighted by Gasteiger charge is -2.27. The zero-order valence-electron chi connectivity index (χ0n) is 16.8. The number of carbonyl (C=O) groups is 1. The highest BCUT2D eigenvalue weighted by Gasteiger charge is 2.24. The van der Waals surface area contributed by atoms with Crippen LogP contribution in [0.4, 0.5) is 5.69 Å². The van der Waals surface area contributed by atoms with Crippen LogP contribution in [0, 0.1) is 18.8 Å². The third-order valence-electron chi connectivity index (χ3n) is 6.07. The van der Waals surface area contributed by atoms with Gasteiger partial charge in [-0.05, 0) is 61.8 Å². The zero-order valence-corrected chi connectivity index (χ0v) is 17.6. The molecule has 1 aliphatic carbocycles. The summed E-state index contributed by atoms with van der Waals surface area (Å²) in [5, 5.41) is 4.57. The fourth-order valence-corrected chi connectivity index (χ4v) is 5.00. The van der Waals surface area contributed by atoms with Crippen LogP contribution in [0.15, 0.2) is 34.7 Å². The SMILES string of the molecule is Cc1cc(-c2cncs2)cc2c(NCC3CCC(C(N)=O)CC3)cc(=O)n(C)c12. The second-order valence-corrected chi connectivity index (χ2v) is 8.90. The lowest BCUT2D eigenvalue weighted by molar-refractivity contribution is -0.122. The minimum atomic E-state index is -0.181. The van der Waals surface area contributed by atoms with Gasteiger partial charge < -0.3 is 15.6 Å². The molecule has 0 spiro atoms. The van der Waals surface area contributed by atoms with Gasteiger partial charge >= 0.3 is 0 Å². The summed E-state index contributed by atoms with van der Waals surface area (Å²) in [7, 11) is 1.82. The molecule has 0 unspecified atom stereocenters. The van der Waals surface area contributed by atoms with E-state index in [4.69, 9.17) is 5.73 Å². The van der Waals surface area contributed by atoms with Crippen molar-refractivity contribution >= 4 is 33.8 Å². The maximum atomic E-state index is 12.6. The molecule has 0 atom stereocenters. The van der Waals surface area contributed by atoms with Crippen LogP contribution in [0.5, 0.6) is 0 Å². The molecule has 3 N–H and O–H groups in total. The normalized spacial score (nSPS) is 19.4. The molecule has 0 bridgehead atoms. The number of carbonyl (C=O) groups excluding carboxylic acids is 1. The van der Waals surface area contributed by atoms with E-state index in [1.54, 1.807) is 22.0 Å². The molecule has 1 aromatic carbocycles. The van der Waals surface area contributed by atoms with Crippen molar-refractivity contribution in [2.75, 3.05) is 11.9 Å². The molecule has 0 aliphatic heterocycles. The van der Waals surface area contributed by atoms with Crippen LogP contribution < -0.4 is 16.6 Å². The van der Waals surface area contributed by atoms with Gasteiger partial charge in [-0.15, -0.1) is 11.3 Å². The Morgan fingerprint density at radius 3 is 2.69 bits per heavy atom. The van der Waals surface area contributed by atoms with Gasteiger partial charge in [-0.25, -0.2) is 0 Å². The van der Waals surface area contributed by atoms with E-state index in [-0.39, 0.29) is 17.4 Å². The molecule has 3 aromatic rings. The molecule has 7 heteroatoms. The summed E-state index contributed by atoms with van der Waals surface area (Å²) in [6.07, 6.45) is 5.54. The third-order valence-corrected chi connectivity index (χ3v) is 6.89. The minimum absolute atomic E-state index is 0.0145. The fraction of sp³-hybridized carbons (Fsp3) is 0.409. The Balaban J connectivity index is 1.64. The number of hydrogen-bond acceptors (Lipinski definition) is 5. The highest BCUT2D eigenvalue weighted by Crippen LogP contribution is 2.33. The Morgan fingerprint density at radius 1 is 1.28 bits per heavy atom. The molecular formula is C22H26N4O2S. The van der Waals surface area contributed by atoms with Gasteiger partial charge in [0, 0.05) is 42.8 Å². The van der Waals surface area contributed by atoms with Gasteiger partial charge in [0.15, 0.2) is 0 Å². The molecule has 1 saturated carbocycles. The highest BCUT2D eigenvalue weighted by atomic mass is 32.1. The number of anilines is 1. The molecule has 1 fully saturated rings. The first-order valence-electron chi connectivity index (χ1n) is 10.0. The molecule has 0 saturated heterocycles. The van der Waals surface area contributed by atoms with Crippen LogP contribution >= 0.6 is 11.3 Å². The van der Waals surface area contributed by atoms with Crippen LogP contribution in [-0.2, 0) is 11.8 Å². The predicted molar refractivity (Wildman–Crippen MR) is 118 cm³/mol. The van der Waals surface area contributed by atoms with Gasteiger partial charge in [0.2, 0.25) is 5.91 Å². The number of pyridine rings is 1. The maximum absolute atomic E-state index is 12.6. The number of rotatable bonds is 5. The number of thiazole rings is 1. The quantitative estimate of drug-likeness (QED) is 0.671. The summed E-state index contributed by atoms with van der Waals surface area (Å²) in [5.41, 5.74) is 11.3. The topological polar surface area (TPSA) is 90.0 Å². The first-order valence-corrected chi connectivity index (χ1v) is 10.9. The number of aromatic nitrogens is 2. The van der Waals surface area contributed by atoms with Crippen molar-refractivity contribution in [2.45, 2.75) is 32.6 Å². The summed E-state index contributed by atoms with van der Waals surface area (Å²) >= 11 is 1.61. The highest BCUT2D eigenvalue weighted by molar-refractivity contribution is 7.13. The summed E-state index contributed by atoms with van der Waals surface area (Å²) < 4.78 is 1.71. The van der Waals surface area contributed by atoms with E-state index in [1.807, 2.05) is 25.7 Å². The molecular weight excluding hydrogens is 384 g/mol. The van der Waals surface area contributed by atoms with Gasteiger partial charge in [-0.2, -0.15) is 0 Å². The van der Waals surface area contributed by atoms with Gasteiger partial charge in [0.25, 0.3) is 5.56 Å². The van der Waals surface area contributed by atoms with Crippen molar-refractivity contribution in [2.24, 2.45) is 24.6 Å². The zero-order chi connectivity index (χ0) is 20.5. The second-order valence-electron chi connectivity index (χ2n) is 8.01. The Bertz CT molecular complexity index is 1100. The molecule has 4 rings (SSSR count). The second kappa shape index (κ2) is 7.99. The first-order chi connectivity index (χ1) is 13.9. The van der Waals surface area contributed by atoms with E-state index in [9.17, 15) is 9.59 Å². The van der Waals surface area contributed by atoms with Gasteiger partial charge in [-0.1, -0.05) is 0 Å². The lowest BCUT2D eigenvalue weighted by Crippen LogP contribution is -2.29. The van der Waals surface area contributed by atoms with Crippen molar-refractivity contribution in [1.29, 1.82) is 0 Å². The number of primary amides is 1. The van der Waals surface area contributed by atoms with E-state index in [0.717, 1.165) is 64.8 Å². The minimum Gasteiger partial charge on any atom is -0.384 e. The maximum Gasteiger partial charge on any atom is 0.252 e. The number of nitrogens with one attached hydrogen (secondary N) is 1. The van der Waals surface area contributed by atoms with Gasteiger partial charge in [0.1, 0.15) is 0 Å². The van der Waals surface area contributed by atoms with Crippen molar-refractivity contribution in [3.8, 4) is 10.4 Å². The smallest absolute Gasteiger partial charge is 0.252 e. The third kappa shape index (κ3) is 3.92. The molecule has 6 nitrogen and oxygen atoms in total. The van der Waals surface area contributed by atoms with Gasteiger partial charge in [0.05, 0.1) is 15.9 Å². The molecule has 1 aliphatic rings. The summed E-state index contributed by atoms with van der Waals surface area (Å²) in [5.74, 6) is 0.316. The number of nitrogens with two attached hydrogens (primary N) is 1. The van der Waals surface area contributed by atoms with Crippen molar-refractivity contribution < 1.29 is 4.79 Å². The number of benzene rings is 1. The monoisotopic (exact) mass is 410 g/mol. The molecule has 152 valence electrons. The number of aryl methyl sites for hydroxylation is 2. The Hall–Kier alpha value is -2.67. The first kappa shape index (κ1) is 19.6. The summed E-state index contributed by atoms with van der Waals surface area (Å²) in [6, 6.07) is 5.94. The van der Waals surface area contributed by atoms with Crippen molar-refractivity contribution in [3.05, 3.63) is 45.8 Å². The molecule has 2 aromatic heterocycles. The van der Waals surface area contributed by atoms with E-state index in [1.165, 1.54) is 0 Å². The molecule has 2 heterocycles. The predicted octanol–water partition coefficient (Wildman–Crippen LogP) is 3.67. The molecule has 0 radical (unpaired) electrons. The van der Waals surface area contributed by atoms with Crippen LogP contribution in [0.3, 0.4) is 0 Å². The summed E-state index contributed by atoms with van der Waals surface area (Å²) in [6.45, 7) is 2.83. The van der Waals surface area contributed by atoms with Crippen LogP contribution in [-0.4, -0.2) is 22.0 Å². The average molecular weight is 411 g/mol. The number of hydrogen-bond donors (Lipinski definition) is 2. The van der Waals surface area contributed by atoms with Gasteiger partial charge in [-0.3, -0.25) is 14.6 Å². The number of amides is 1. The van der Waals surface area contributed by atoms with Crippen LogP contribution in [0.1, 0.15) is 31.2 Å². The van der Waals surface area contributed by atoms with E-state index in [0.29, 0.717) is 5.92 Å². The van der Waals surface area contributed by atoms with Crippen LogP contribution in [0.2, 0.25) is 0 Å². The van der Waals surface area contributed by atoms with E-state index >= 15 is 0 Å². The molecule has 1 amide bonds. The summed E-state index contributed by atoms with van der Waals surface area (Å²) in [4.78, 5) is 29.2. The van der Waals surface area contributed by atoms with E-state index < -0.39 is 0 Å². The number of fused-ring (bicyclic) bond motifs is 1. The lowest BCUT2D eigenvalue weighted by atomic mass is 9.81. The van der Waals surface area contributed by atoms with Crippen molar-refractivity contribution in [1.82, 2.24) is 9.55 Å². The largest absolute Gasteiger partial charge is 0.384 e. The van der Waals surface area contributed by atoms with E-state index in [2.05, 4.69) is 22.4 Å². The standard InChI is InChI=1S/C22H26N4O2S/c1-13-7-16(19-11-24-12-29-19)8-17-18(9-20(27)26(2)21(13)17)25-10-14-3-5-15(6-4-14)22(23)28/h7-9,11-12,14-15,25H,3-6,10H2,1-2H3,(H2,23,28). The average Bonchev–Trinajstić information content (AvgIpc) is 3.24. The Morgan fingerprint density at radius 2 is 2.03 bits per heavy atom.